The van der Waals surface area contributed by atoms with E-state index in [1.54, 1.807) is 18.2 Å². The highest BCUT2D eigenvalue weighted by atomic mass is 35.5. The molecule has 0 radical (unpaired) electrons. The standard InChI is InChI=1S/C21H13ClN2O6/c22-15-7-14-18(8-16(15)24-29)30-17-6-10(23)2-4-12(17)19(14)11-3-1-9(20(25)26)5-13(11)21(27)28/h1-8,29H,23H2,(H,25,26)(H,27,28). The van der Waals surface area contributed by atoms with Crippen LogP contribution < -0.4 is 11.1 Å². The molecule has 150 valence electrons. The predicted molar refractivity (Wildman–Crippen MR) is 109 cm³/mol. The van der Waals surface area contributed by atoms with Crippen LogP contribution in [0.15, 0.2) is 58.1 Å². The first kappa shape index (κ1) is 19.3. The Bertz CT molecular complexity index is 1390. The number of halogens is 1. The van der Waals surface area contributed by atoms with Gasteiger partial charge in [-0.3, -0.25) is 0 Å². The summed E-state index contributed by atoms with van der Waals surface area (Å²) in [6, 6.07) is 11.6. The van der Waals surface area contributed by atoms with E-state index in [9.17, 15) is 19.8 Å². The molecule has 30 heavy (non-hydrogen) atoms. The minimum atomic E-state index is -1.29. The van der Waals surface area contributed by atoms with E-state index in [1.165, 1.54) is 24.3 Å². The van der Waals surface area contributed by atoms with Gasteiger partial charge in [0.1, 0.15) is 16.7 Å². The van der Waals surface area contributed by atoms with Crippen molar-refractivity contribution in [3.8, 4) is 22.5 Å². The van der Waals surface area contributed by atoms with Crippen LogP contribution in [-0.2, 0) is 0 Å². The molecule has 0 saturated heterocycles. The summed E-state index contributed by atoms with van der Waals surface area (Å²) < 4.78 is 5.90. The van der Waals surface area contributed by atoms with Crippen LogP contribution in [0.5, 0.6) is 0 Å². The lowest BCUT2D eigenvalue weighted by atomic mass is 9.90. The zero-order valence-electron chi connectivity index (χ0n) is 15.1. The molecule has 2 aromatic carbocycles. The van der Waals surface area contributed by atoms with Crippen molar-refractivity contribution in [2.45, 2.75) is 0 Å². The Morgan fingerprint density at radius 3 is 2.40 bits per heavy atom. The van der Waals surface area contributed by atoms with Crippen LogP contribution in [0, 0.1) is 0 Å². The molecule has 0 fully saturated rings. The van der Waals surface area contributed by atoms with Crippen LogP contribution in [0.1, 0.15) is 20.7 Å². The van der Waals surface area contributed by atoms with Gasteiger partial charge in [0.2, 0.25) is 0 Å². The maximum atomic E-state index is 12.0. The summed E-state index contributed by atoms with van der Waals surface area (Å²) in [5, 5.41) is 32.0. The van der Waals surface area contributed by atoms with E-state index in [4.69, 9.17) is 27.0 Å². The third-order valence-corrected chi connectivity index (χ3v) is 4.99. The topological polar surface area (TPSA) is 146 Å². The van der Waals surface area contributed by atoms with E-state index in [0.717, 1.165) is 6.07 Å². The van der Waals surface area contributed by atoms with Crippen LogP contribution in [0.25, 0.3) is 33.4 Å². The van der Waals surface area contributed by atoms with Crippen molar-refractivity contribution < 1.29 is 29.4 Å². The highest BCUT2D eigenvalue weighted by Crippen LogP contribution is 2.42. The number of nitrogens with two attached hydrogens (primary N) is 1. The fraction of sp³-hybridized carbons (Fsp3) is 0. The molecule has 5 N–H and O–H groups in total. The summed E-state index contributed by atoms with van der Waals surface area (Å²) in [6.07, 6.45) is 0. The molecule has 0 aromatic heterocycles. The summed E-state index contributed by atoms with van der Waals surface area (Å²) in [5.74, 6) is -2.26. The van der Waals surface area contributed by atoms with E-state index in [-0.39, 0.29) is 32.8 Å². The Morgan fingerprint density at radius 1 is 0.967 bits per heavy atom. The van der Waals surface area contributed by atoms with Crippen LogP contribution in [-0.4, -0.2) is 27.4 Å². The molecule has 0 amide bonds. The molecule has 2 aromatic rings. The number of carboxylic acids is 2. The van der Waals surface area contributed by atoms with Gasteiger partial charge in [0.05, 0.1) is 16.1 Å². The molecule has 1 heterocycles. The third-order valence-electron chi connectivity index (χ3n) is 4.69. The molecule has 2 aliphatic rings. The second-order valence-corrected chi connectivity index (χ2v) is 6.91. The van der Waals surface area contributed by atoms with E-state index < -0.39 is 11.9 Å². The molecule has 8 nitrogen and oxygen atoms in total. The molecular weight excluding hydrogens is 412 g/mol. The van der Waals surface area contributed by atoms with E-state index in [2.05, 4.69) is 5.16 Å². The number of rotatable bonds is 3. The fourth-order valence-corrected chi connectivity index (χ4v) is 3.56. The van der Waals surface area contributed by atoms with Gasteiger partial charge in [-0.1, -0.05) is 22.8 Å². The zero-order chi connectivity index (χ0) is 21.6. The normalized spacial score (nSPS) is 11.8. The summed E-state index contributed by atoms with van der Waals surface area (Å²) in [4.78, 5) is 23.3. The Hall–Kier alpha value is -4.04. The summed E-state index contributed by atoms with van der Waals surface area (Å²) >= 11 is 6.20. The number of aromatic carboxylic acids is 2. The van der Waals surface area contributed by atoms with Gasteiger partial charge >= 0.3 is 11.9 Å². The van der Waals surface area contributed by atoms with Crippen LogP contribution in [0.2, 0.25) is 5.02 Å². The second kappa shape index (κ2) is 7.09. The number of benzene rings is 3. The van der Waals surface area contributed by atoms with Gasteiger partial charge in [0, 0.05) is 34.3 Å². The monoisotopic (exact) mass is 424 g/mol. The van der Waals surface area contributed by atoms with Crippen molar-refractivity contribution in [3.05, 3.63) is 70.0 Å². The van der Waals surface area contributed by atoms with E-state index in [1.807, 2.05) is 0 Å². The smallest absolute Gasteiger partial charge is 0.336 e. The number of hydrogen-bond acceptors (Lipinski definition) is 6. The average Bonchev–Trinajstić information content (AvgIpc) is 2.71. The van der Waals surface area contributed by atoms with Gasteiger partial charge < -0.3 is 25.6 Å². The maximum absolute atomic E-state index is 12.0. The van der Waals surface area contributed by atoms with Gasteiger partial charge in [0.25, 0.3) is 0 Å². The molecule has 1 aliphatic carbocycles. The highest BCUT2D eigenvalue weighted by molar-refractivity contribution is 6.31. The maximum Gasteiger partial charge on any atom is 0.336 e. The number of carboxylic acid groups (broad SMARTS) is 2. The quantitative estimate of drug-likeness (QED) is 0.167. The van der Waals surface area contributed by atoms with Crippen molar-refractivity contribution in [2.24, 2.45) is 5.16 Å². The molecule has 0 bridgehead atoms. The lowest BCUT2D eigenvalue weighted by Crippen LogP contribution is -2.07. The molecule has 0 atom stereocenters. The van der Waals surface area contributed by atoms with Crippen LogP contribution in [0.3, 0.4) is 0 Å². The molecule has 0 saturated carbocycles. The van der Waals surface area contributed by atoms with Crippen molar-refractivity contribution >= 4 is 40.2 Å². The van der Waals surface area contributed by atoms with E-state index >= 15 is 0 Å². The van der Waals surface area contributed by atoms with Crippen molar-refractivity contribution in [1.29, 1.82) is 0 Å². The number of nitrogen functional groups attached to an aromatic ring is 1. The lowest BCUT2D eigenvalue weighted by Gasteiger charge is -2.17. The zero-order valence-corrected chi connectivity index (χ0v) is 15.8. The van der Waals surface area contributed by atoms with E-state index in [0.29, 0.717) is 27.8 Å². The molecule has 9 heteroatoms. The first-order valence-corrected chi connectivity index (χ1v) is 8.92. The van der Waals surface area contributed by atoms with Gasteiger partial charge in [-0.2, -0.15) is 0 Å². The Balaban J connectivity index is 2.21. The van der Waals surface area contributed by atoms with Gasteiger partial charge in [-0.25, -0.2) is 9.59 Å². The van der Waals surface area contributed by atoms with Crippen molar-refractivity contribution in [2.75, 3.05) is 5.73 Å². The largest absolute Gasteiger partial charge is 0.478 e. The Morgan fingerprint density at radius 2 is 1.73 bits per heavy atom. The Labute approximate surface area is 173 Å². The van der Waals surface area contributed by atoms with Gasteiger partial charge in [0.15, 0.2) is 0 Å². The van der Waals surface area contributed by atoms with Gasteiger partial charge in [-0.15, -0.1) is 0 Å². The van der Waals surface area contributed by atoms with Crippen molar-refractivity contribution in [3.63, 3.8) is 0 Å². The molecule has 0 spiro atoms. The molecule has 1 aliphatic heterocycles. The van der Waals surface area contributed by atoms with Crippen LogP contribution in [0.4, 0.5) is 5.69 Å². The minimum absolute atomic E-state index is 0.0711. The fourth-order valence-electron chi connectivity index (χ4n) is 3.35. The van der Waals surface area contributed by atoms with Crippen LogP contribution >= 0.6 is 11.6 Å². The SMILES string of the molecule is Nc1ccc2c(-c3ccc(C(=O)O)cc3C(=O)O)c3cc(Cl)c(=NO)cc-3oc2c1. The number of nitrogens with zero attached hydrogens (tertiary/aromatic N) is 1. The summed E-state index contributed by atoms with van der Waals surface area (Å²) in [6.45, 7) is 0. The Kier molecular flexibility index (Phi) is 4.56. The molecule has 4 rings (SSSR count). The number of hydrogen-bond donors (Lipinski definition) is 4. The third kappa shape index (κ3) is 3.09. The first-order chi connectivity index (χ1) is 14.3. The summed E-state index contributed by atoms with van der Waals surface area (Å²) in [5.41, 5.74) is 7.49. The number of anilines is 1. The van der Waals surface area contributed by atoms with Gasteiger partial charge in [-0.05, 0) is 35.9 Å². The number of fused-ring (bicyclic) bond motifs is 2. The summed E-state index contributed by atoms with van der Waals surface area (Å²) in [7, 11) is 0. The second-order valence-electron chi connectivity index (χ2n) is 6.50. The highest BCUT2D eigenvalue weighted by Gasteiger charge is 2.23. The first-order valence-electron chi connectivity index (χ1n) is 8.55. The van der Waals surface area contributed by atoms with Crippen molar-refractivity contribution in [1.82, 2.24) is 0 Å². The minimum Gasteiger partial charge on any atom is -0.478 e. The predicted octanol–water partition coefficient (Wildman–Crippen LogP) is 4.13. The average molecular weight is 425 g/mol. The lowest BCUT2D eigenvalue weighted by molar-refractivity contribution is 0.0696. The molecule has 0 unspecified atom stereocenters. The number of carbonyl (C=O) groups is 2. The molecular formula is C21H13ClN2O6.